The third-order valence-corrected chi connectivity index (χ3v) is 3.35. The Kier molecular flexibility index (Phi) is 7.41. The van der Waals surface area contributed by atoms with Crippen LogP contribution in [0.1, 0.15) is 31.9 Å². The van der Waals surface area contributed by atoms with Crippen LogP contribution in [0.5, 0.6) is 11.5 Å². The topological polar surface area (TPSA) is 39.7 Å². The highest BCUT2D eigenvalue weighted by molar-refractivity contribution is 5.47. The van der Waals surface area contributed by atoms with Crippen LogP contribution in [0.2, 0.25) is 0 Å². The molecule has 0 spiro atoms. The van der Waals surface area contributed by atoms with Gasteiger partial charge in [0, 0.05) is 19.8 Å². The molecule has 0 aliphatic carbocycles. The summed E-state index contributed by atoms with van der Waals surface area (Å²) < 4.78 is 16.3. The standard InChI is InChI=1S/C16H27NO3/c1-6-17-13(10-12(2)11-18-3)16-14(19-4)8-7-9-15(16)20-5/h7-9,12-13,17H,6,10-11H2,1-5H3. The minimum Gasteiger partial charge on any atom is -0.496 e. The first-order chi connectivity index (χ1) is 9.67. The number of hydrogen-bond acceptors (Lipinski definition) is 4. The van der Waals surface area contributed by atoms with E-state index in [1.165, 1.54) is 0 Å². The van der Waals surface area contributed by atoms with Gasteiger partial charge in [0.15, 0.2) is 0 Å². The molecule has 2 atom stereocenters. The summed E-state index contributed by atoms with van der Waals surface area (Å²) in [5.74, 6) is 2.18. The maximum absolute atomic E-state index is 5.51. The first kappa shape index (κ1) is 16.8. The highest BCUT2D eigenvalue weighted by Crippen LogP contribution is 2.36. The van der Waals surface area contributed by atoms with Gasteiger partial charge in [0.2, 0.25) is 0 Å². The summed E-state index contributed by atoms with van der Waals surface area (Å²) in [5.41, 5.74) is 1.09. The van der Waals surface area contributed by atoms with Gasteiger partial charge in [-0.1, -0.05) is 19.9 Å². The molecule has 0 amide bonds. The zero-order valence-corrected chi connectivity index (χ0v) is 13.2. The van der Waals surface area contributed by atoms with Crippen LogP contribution in [-0.2, 0) is 4.74 Å². The maximum atomic E-state index is 5.51. The van der Waals surface area contributed by atoms with Gasteiger partial charge < -0.3 is 19.5 Å². The van der Waals surface area contributed by atoms with Crippen LogP contribution in [0, 0.1) is 5.92 Å². The fourth-order valence-electron chi connectivity index (χ4n) is 2.53. The van der Waals surface area contributed by atoms with Gasteiger partial charge in [-0.2, -0.15) is 0 Å². The average Bonchev–Trinajstić information content (AvgIpc) is 2.46. The summed E-state index contributed by atoms with van der Waals surface area (Å²) in [5, 5.41) is 3.52. The number of nitrogens with one attached hydrogen (secondary N) is 1. The predicted octanol–water partition coefficient (Wildman–Crippen LogP) is 3.03. The van der Waals surface area contributed by atoms with Crippen LogP contribution in [0.4, 0.5) is 0 Å². The Morgan fingerprint density at radius 3 is 2.15 bits per heavy atom. The van der Waals surface area contributed by atoms with Crippen molar-refractivity contribution in [1.82, 2.24) is 5.32 Å². The quantitative estimate of drug-likeness (QED) is 0.755. The molecular weight excluding hydrogens is 254 g/mol. The molecule has 0 aliphatic heterocycles. The van der Waals surface area contributed by atoms with Gasteiger partial charge in [-0.25, -0.2) is 0 Å². The van der Waals surface area contributed by atoms with E-state index in [9.17, 15) is 0 Å². The molecule has 20 heavy (non-hydrogen) atoms. The number of ether oxygens (including phenoxy) is 3. The summed E-state index contributed by atoms with van der Waals surface area (Å²) in [4.78, 5) is 0. The van der Waals surface area contributed by atoms with Crippen LogP contribution in [0.25, 0.3) is 0 Å². The molecule has 0 aliphatic rings. The lowest BCUT2D eigenvalue weighted by Crippen LogP contribution is -2.25. The van der Waals surface area contributed by atoms with E-state index in [1.807, 2.05) is 18.2 Å². The van der Waals surface area contributed by atoms with Crippen LogP contribution < -0.4 is 14.8 Å². The molecule has 1 N–H and O–H groups in total. The molecule has 4 nitrogen and oxygen atoms in total. The molecule has 0 bridgehead atoms. The van der Waals surface area contributed by atoms with Crippen LogP contribution >= 0.6 is 0 Å². The van der Waals surface area contributed by atoms with E-state index in [1.54, 1.807) is 21.3 Å². The molecular formula is C16H27NO3. The normalized spacial score (nSPS) is 13.8. The Morgan fingerprint density at radius 2 is 1.70 bits per heavy atom. The fraction of sp³-hybridized carbons (Fsp3) is 0.625. The van der Waals surface area contributed by atoms with Gasteiger partial charge in [-0.05, 0) is 31.0 Å². The smallest absolute Gasteiger partial charge is 0.127 e. The lowest BCUT2D eigenvalue weighted by molar-refractivity contribution is 0.149. The Labute approximate surface area is 122 Å². The molecule has 0 saturated carbocycles. The Bertz CT molecular complexity index is 373. The average molecular weight is 281 g/mol. The van der Waals surface area contributed by atoms with Crippen LogP contribution in [0.3, 0.4) is 0 Å². The van der Waals surface area contributed by atoms with Crippen molar-refractivity contribution in [3.05, 3.63) is 23.8 Å². The minimum atomic E-state index is 0.191. The van der Waals surface area contributed by atoms with Gasteiger partial charge in [0.1, 0.15) is 11.5 Å². The molecule has 1 rings (SSSR count). The van der Waals surface area contributed by atoms with Crippen LogP contribution in [0.15, 0.2) is 18.2 Å². The van der Waals surface area contributed by atoms with E-state index in [0.29, 0.717) is 5.92 Å². The first-order valence-corrected chi connectivity index (χ1v) is 7.11. The first-order valence-electron chi connectivity index (χ1n) is 7.11. The number of rotatable bonds is 9. The second-order valence-corrected chi connectivity index (χ2v) is 4.98. The molecule has 0 heterocycles. The molecule has 1 aromatic rings. The minimum absolute atomic E-state index is 0.191. The van der Waals surface area contributed by atoms with Gasteiger partial charge in [-0.15, -0.1) is 0 Å². The maximum Gasteiger partial charge on any atom is 0.127 e. The molecule has 1 aromatic carbocycles. The molecule has 2 unspecified atom stereocenters. The number of hydrogen-bond donors (Lipinski definition) is 1. The van der Waals surface area contributed by atoms with E-state index < -0.39 is 0 Å². The monoisotopic (exact) mass is 281 g/mol. The Balaban J connectivity index is 3.06. The lowest BCUT2D eigenvalue weighted by Gasteiger charge is -2.25. The van der Waals surface area contributed by atoms with E-state index in [4.69, 9.17) is 14.2 Å². The molecule has 0 fully saturated rings. The molecule has 114 valence electrons. The lowest BCUT2D eigenvalue weighted by atomic mass is 9.94. The summed E-state index contributed by atoms with van der Waals surface area (Å²) in [7, 11) is 5.13. The van der Waals surface area contributed by atoms with Crippen LogP contribution in [-0.4, -0.2) is 34.5 Å². The van der Waals surface area contributed by atoms with E-state index in [2.05, 4.69) is 19.2 Å². The predicted molar refractivity (Wildman–Crippen MR) is 81.6 cm³/mol. The SMILES string of the molecule is CCNC(CC(C)COC)c1c(OC)cccc1OC. The van der Waals surface area contributed by atoms with Gasteiger partial charge in [0.25, 0.3) is 0 Å². The van der Waals surface area contributed by atoms with Gasteiger partial charge >= 0.3 is 0 Å². The summed E-state index contributed by atoms with van der Waals surface area (Å²) >= 11 is 0. The van der Waals surface area contributed by atoms with E-state index in [0.717, 1.165) is 36.6 Å². The Hall–Kier alpha value is -1.26. The number of benzene rings is 1. The second-order valence-electron chi connectivity index (χ2n) is 4.98. The van der Waals surface area contributed by atoms with Crippen molar-refractivity contribution in [3.63, 3.8) is 0 Å². The van der Waals surface area contributed by atoms with Crippen molar-refractivity contribution in [2.45, 2.75) is 26.3 Å². The summed E-state index contributed by atoms with van der Waals surface area (Å²) in [6.45, 7) is 5.94. The van der Waals surface area contributed by atoms with Crippen molar-refractivity contribution in [3.8, 4) is 11.5 Å². The van der Waals surface area contributed by atoms with Crippen molar-refractivity contribution in [1.29, 1.82) is 0 Å². The number of methoxy groups -OCH3 is 3. The highest BCUT2D eigenvalue weighted by atomic mass is 16.5. The zero-order chi connectivity index (χ0) is 15.0. The summed E-state index contributed by atoms with van der Waals surface area (Å²) in [6, 6.07) is 6.09. The molecule has 0 aromatic heterocycles. The molecule has 0 radical (unpaired) electrons. The molecule has 4 heteroatoms. The van der Waals surface area contributed by atoms with Crippen molar-refractivity contribution in [2.75, 3.05) is 34.5 Å². The van der Waals surface area contributed by atoms with Crippen molar-refractivity contribution in [2.24, 2.45) is 5.92 Å². The van der Waals surface area contributed by atoms with E-state index >= 15 is 0 Å². The van der Waals surface area contributed by atoms with Gasteiger partial charge in [-0.3, -0.25) is 0 Å². The third-order valence-electron chi connectivity index (χ3n) is 3.35. The largest absolute Gasteiger partial charge is 0.496 e. The third kappa shape index (κ3) is 4.39. The summed E-state index contributed by atoms with van der Waals surface area (Å²) in [6.07, 6.45) is 0.971. The van der Waals surface area contributed by atoms with E-state index in [-0.39, 0.29) is 6.04 Å². The van der Waals surface area contributed by atoms with Gasteiger partial charge in [0.05, 0.1) is 19.8 Å². The van der Waals surface area contributed by atoms with Crippen molar-refractivity contribution >= 4 is 0 Å². The highest BCUT2D eigenvalue weighted by Gasteiger charge is 2.22. The molecule has 0 saturated heterocycles. The van der Waals surface area contributed by atoms with Crippen molar-refractivity contribution < 1.29 is 14.2 Å². The zero-order valence-electron chi connectivity index (χ0n) is 13.2. The second kappa shape index (κ2) is 8.82. The fourth-order valence-corrected chi connectivity index (χ4v) is 2.53. The Morgan fingerprint density at radius 1 is 1.10 bits per heavy atom.